The van der Waals surface area contributed by atoms with Gasteiger partial charge < -0.3 is 14.5 Å². The summed E-state index contributed by atoms with van der Waals surface area (Å²) in [7, 11) is 2.02. The average Bonchev–Trinajstić information content (AvgIpc) is 3.07. The maximum Gasteiger partial charge on any atom is 0.224 e. The Kier molecular flexibility index (Phi) is 3.63. The summed E-state index contributed by atoms with van der Waals surface area (Å²) in [5, 5.41) is 4.35. The van der Waals surface area contributed by atoms with Gasteiger partial charge in [0.15, 0.2) is 0 Å². The third-order valence-corrected chi connectivity index (χ3v) is 4.81. The minimum Gasteiger partial charge on any atom is -0.351 e. The normalized spacial score (nSPS) is 17.0. The summed E-state index contributed by atoms with van der Waals surface area (Å²) in [6.07, 6.45) is 6.43. The summed E-state index contributed by atoms with van der Waals surface area (Å²) in [6, 6.07) is 8.40. The van der Waals surface area contributed by atoms with Crippen LogP contribution in [0.2, 0.25) is 0 Å². The van der Waals surface area contributed by atoms with Crippen LogP contribution in [0.3, 0.4) is 0 Å². The van der Waals surface area contributed by atoms with Crippen molar-refractivity contribution in [2.24, 2.45) is 7.05 Å². The Balaban J connectivity index is 1.45. The van der Waals surface area contributed by atoms with Crippen LogP contribution in [-0.2, 0) is 31.2 Å². The molecule has 0 radical (unpaired) electrons. The second-order valence-electron chi connectivity index (χ2n) is 6.71. The molecule has 1 aliphatic rings. The lowest BCUT2D eigenvalue weighted by molar-refractivity contribution is -0.121. The van der Waals surface area contributed by atoms with Crippen molar-refractivity contribution in [2.45, 2.75) is 38.8 Å². The van der Waals surface area contributed by atoms with Crippen LogP contribution in [-0.4, -0.2) is 26.1 Å². The average molecular weight is 322 g/mol. The third kappa shape index (κ3) is 2.70. The highest BCUT2D eigenvalue weighted by molar-refractivity contribution is 5.89. The Morgan fingerprint density at radius 3 is 3.04 bits per heavy atom. The lowest BCUT2D eigenvalue weighted by Gasteiger charge is -2.24. The van der Waals surface area contributed by atoms with Gasteiger partial charge in [-0.25, -0.2) is 4.98 Å². The van der Waals surface area contributed by atoms with Gasteiger partial charge in [0.1, 0.15) is 5.82 Å². The number of amides is 1. The molecular formula is C19H22N4O. The highest BCUT2D eigenvalue weighted by Crippen LogP contribution is 2.21. The van der Waals surface area contributed by atoms with Crippen molar-refractivity contribution >= 4 is 16.8 Å². The van der Waals surface area contributed by atoms with E-state index in [1.807, 2.05) is 26.1 Å². The van der Waals surface area contributed by atoms with E-state index in [0.717, 1.165) is 47.4 Å². The van der Waals surface area contributed by atoms with Crippen molar-refractivity contribution in [2.75, 3.05) is 0 Å². The predicted octanol–water partition coefficient (Wildman–Crippen LogP) is 2.36. The maximum absolute atomic E-state index is 12.5. The Morgan fingerprint density at radius 2 is 2.17 bits per heavy atom. The second-order valence-corrected chi connectivity index (χ2v) is 6.71. The number of aryl methyl sites for hydroxylation is 3. The Hall–Kier alpha value is -2.56. The Labute approximate surface area is 141 Å². The first-order valence-corrected chi connectivity index (χ1v) is 8.45. The van der Waals surface area contributed by atoms with Gasteiger partial charge in [-0.05, 0) is 25.0 Å². The van der Waals surface area contributed by atoms with Gasteiger partial charge in [0.25, 0.3) is 0 Å². The monoisotopic (exact) mass is 322 g/mol. The molecule has 2 aromatic heterocycles. The molecule has 1 amide bonds. The summed E-state index contributed by atoms with van der Waals surface area (Å²) >= 11 is 0. The number of fused-ring (bicyclic) bond motifs is 2. The summed E-state index contributed by atoms with van der Waals surface area (Å²) in [6.45, 7) is 2.83. The quantitative estimate of drug-likeness (QED) is 0.805. The fourth-order valence-corrected chi connectivity index (χ4v) is 3.72. The van der Waals surface area contributed by atoms with Gasteiger partial charge in [-0.3, -0.25) is 4.79 Å². The largest absolute Gasteiger partial charge is 0.351 e. The first kappa shape index (κ1) is 15.0. The van der Waals surface area contributed by atoms with E-state index in [9.17, 15) is 4.79 Å². The molecule has 24 heavy (non-hydrogen) atoms. The number of carbonyl (C=O) groups is 1. The molecule has 4 rings (SSSR count). The zero-order valence-corrected chi connectivity index (χ0v) is 14.1. The standard InChI is InChI=1S/C19H22N4O/c1-13-10-23-12-15(7-8-18(23)20-13)21-19(24)9-14-11-22(2)17-6-4-3-5-16(14)17/h3-6,10-11,15H,7-9,12H2,1-2H3,(H,21,24). The Morgan fingerprint density at radius 1 is 1.33 bits per heavy atom. The molecule has 0 saturated heterocycles. The van der Waals surface area contributed by atoms with E-state index in [0.29, 0.717) is 6.42 Å². The van der Waals surface area contributed by atoms with Gasteiger partial charge in [-0.15, -0.1) is 0 Å². The van der Waals surface area contributed by atoms with Crippen LogP contribution in [0.15, 0.2) is 36.7 Å². The highest BCUT2D eigenvalue weighted by Gasteiger charge is 2.21. The summed E-state index contributed by atoms with van der Waals surface area (Å²) in [5.74, 6) is 1.23. The van der Waals surface area contributed by atoms with Crippen LogP contribution in [0.4, 0.5) is 0 Å². The zero-order valence-electron chi connectivity index (χ0n) is 14.1. The van der Waals surface area contributed by atoms with E-state index in [-0.39, 0.29) is 11.9 Å². The molecule has 3 aromatic rings. The molecule has 1 N–H and O–H groups in total. The molecule has 3 heterocycles. The molecule has 1 aliphatic heterocycles. The molecule has 1 atom stereocenters. The van der Waals surface area contributed by atoms with Gasteiger partial charge in [-0.1, -0.05) is 18.2 Å². The van der Waals surface area contributed by atoms with Crippen molar-refractivity contribution in [3.05, 3.63) is 53.7 Å². The minimum atomic E-state index is 0.0941. The van der Waals surface area contributed by atoms with Crippen molar-refractivity contribution < 1.29 is 4.79 Å². The smallest absolute Gasteiger partial charge is 0.224 e. The van der Waals surface area contributed by atoms with Crippen molar-refractivity contribution in [1.82, 2.24) is 19.4 Å². The minimum absolute atomic E-state index is 0.0941. The molecule has 124 valence electrons. The number of nitrogens with one attached hydrogen (secondary N) is 1. The number of benzene rings is 1. The summed E-state index contributed by atoms with van der Waals surface area (Å²) in [5.41, 5.74) is 3.30. The molecule has 0 saturated carbocycles. The molecule has 5 nitrogen and oxygen atoms in total. The molecule has 0 aliphatic carbocycles. The van der Waals surface area contributed by atoms with Crippen molar-refractivity contribution in [3.8, 4) is 0 Å². The summed E-state index contributed by atoms with van der Waals surface area (Å²) < 4.78 is 4.25. The molecule has 1 unspecified atom stereocenters. The molecule has 0 spiro atoms. The second kappa shape index (κ2) is 5.82. The maximum atomic E-state index is 12.5. The molecule has 5 heteroatoms. The zero-order chi connectivity index (χ0) is 16.7. The fourth-order valence-electron chi connectivity index (χ4n) is 3.72. The van der Waals surface area contributed by atoms with Crippen LogP contribution >= 0.6 is 0 Å². The number of rotatable bonds is 3. The molecule has 0 bridgehead atoms. The van der Waals surface area contributed by atoms with Crippen LogP contribution in [0.1, 0.15) is 23.5 Å². The van der Waals surface area contributed by atoms with E-state index in [2.05, 4.69) is 44.0 Å². The van der Waals surface area contributed by atoms with Crippen molar-refractivity contribution in [1.29, 1.82) is 0 Å². The van der Waals surface area contributed by atoms with E-state index in [1.54, 1.807) is 0 Å². The topological polar surface area (TPSA) is 51.9 Å². The van der Waals surface area contributed by atoms with Crippen LogP contribution in [0.5, 0.6) is 0 Å². The lowest BCUT2D eigenvalue weighted by atomic mass is 10.1. The number of nitrogens with zero attached hydrogens (tertiary/aromatic N) is 3. The van der Waals surface area contributed by atoms with Crippen LogP contribution in [0.25, 0.3) is 10.9 Å². The number of aromatic nitrogens is 3. The van der Waals surface area contributed by atoms with E-state index >= 15 is 0 Å². The number of hydrogen-bond acceptors (Lipinski definition) is 2. The third-order valence-electron chi connectivity index (χ3n) is 4.81. The van der Waals surface area contributed by atoms with E-state index in [1.165, 1.54) is 0 Å². The number of imidazole rings is 1. The van der Waals surface area contributed by atoms with Gasteiger partial charge in [-0.2, -0.15) is 0 Å². The van der Waals surface area contributed by atoms with E-state index in [4.69, 9.17) is 0 Å². The molecular weight excluding hydrogens is 300 g/mol. The SMILES string of the molecule is Cc1cn2c(n1)CCC(NC(=O)Cc1cn(C)c3ccccc13)C2. The van der Waals surface area contributed by atoms with Gasteiger partial charge >= 0.3 is 0 Å². The van der Waals surface area contributed by atoms with Gasteiger partial charge in [0.2, 0.25) is 5.91 Å². The fraction of sp³-hybridized carbons (Fsp3) is 0.368. The van der Waals surface area contributed by atoms with Gasteiger partial charge in [0, 0.05) is 49.4 Å². The van der Waals surface area contributed by atoms with Gasteiger partial charge in [0.05, 0.1) is 12.1 Å². The number of hydrogen-bond donors (Lipinski definition) is 1. The van der Waals surface area contributed by atoms with Crippen LogP contribution < -0.4 is 5.32 Å². The van der Waals surface area contributed by atoms with Crippen molar-refractivity contribution in [3.63, 3.8) is 0 Å². The number of carbonyl (C=O) groups excluding carboxylic acids is 1. The lowest BCUT2D eigenvalue weighted by Crippen LogP contribution is -2.41. The predicted molar refractivity (Wildman–Crippen MR) is 93.8 cm³/mol. The first-order chi connectivity index (χ1) is 11.6. The van der Waals surface area contributed by atoms with Crippen LogP contribution in [0, 0.1) is 6.92 Å². The molecule has 0 fully saturated rings. The number of para-hydroxylation sites is 1. The molecule has 1 aromatic carbocycles. The van der Waals surface area contributed by atoms with E-state index < -0.39 is 0 Å². The highest BCUT2D eigenvalue weighted by atomic mass is 16.1. The Bertz CT molecular complexity index is 905. The first-order valence-electron chi connectivity index (χ1n) is 8.45. The summed E-state index contributed by atoms with van der Waals surface area (Å²) in [4.78, 5) is 17.0.